The molecule has 0 saturated carbocycles. The van der Waals surface area contributed by atoms with Crippen LogP contribution in [0.25, 0.3) is 11.4 Å². The van der Waals surface area contributed by atoms with Crippen LogP contribution in [0.2, 0.25) is 5.02 Å². The van der Waals surface area contributed by atoms with Gasteiger partial charge in [-0.25, -0.2) is 0 Å². The van der Waals surface area contributed by atoms with Crippen LogP contribution in [0.1, 0.15) is 10.4 Å². The van der Waals surface area contributed by atoms with E-state index in [-0.39, 0.29) is 22.4 Å². The normalized spacial score (nSPS) is 10.9. The number of aryl methyl sites for hydroxylation is 1. The van der Waals surface area contributed by atoms with Crippen LogP contribution in [0.3, 0.4) is 0 Å². The van der Waals surface area contributed by atoms with E-state index in [0.717, 1.165) is 11.4 Å². The molecule has 3 aromatic rings. The summed E-state index contributed by atoms with van der Waals surface area (Å²) in [6.45, 7) is 4.10. The van der Waals surface area contributed by atoms with Gasteiger partial charge in [-0.2, -0.15) is 0 Å². The fourth-order valence-corrected chi connectivity index (χ4v) is 4.23. The Morgan fingerprint density at radius 1 is 1.39 bits per heavy atom. The second kappa shape index (κ2) is 8.29. The van der Waals surface area contributed by atoms with Crippen molar-refractivity contribution in [1.82, 2.24) is 14.8 Å². The Morgan fingerprint density at radius 3 is 2.79 bits per heavy atom. The van der Waals surface area contributed by atoms with Gasteiger partial charge in [0, 0.05) is 34.6 Å². The van der Waals surface area contributed by atoms with E-state index in [9.17, 15) is 14.9 Å². The van der Waals surface area contributed by atoms with Crippen LogP contribution in [0, 0.1) is 24.0 Å². The molecule has 0 fully saturated rings. The number of rotatable bonds is 6. The topological polar surface area (TPSA) is 103 Å². The fraction of sp³-hybridized carbons (Fsp3) is 0.235. The molecule has 0 radical (unpaired) electrons. The Bertz CT molecular complexity index is 1060. The lowest BCUT2D eigenvalue weighted by Gasteiger charge is -2.06. The molecule has 1 aromatic carbocycles. The number of aromatic nitrogens is 3. The summed E-state index contributed by atoms with van der Waals surface area (Å²) in [4.78, 5) is 23.8. The molecule has 0 aliphatic heterocycles. The molecular weight excluding hydrogens is 422 g/mol. The number of hydrogen-bond donors (Lipinski definition) is 1. The number of carbonyl (C=O) groups is 1. The smallest absolute Gasteiger partial charge is 0.289 e. The molecule has 0 bridgehead atoms. The molecule has 11 heteroatoms. The second-order valence-corrected chi connectivity index (χ2v) is 8.39. The van der Waals surface area contributed by atoms with Crippen LogP contribution in [0.15, 0.2) is 28.7 Å². The number of amides is 1. The number of nitro groups is 1. The van der Waals surface area contributed by atoms with Gasteiger partial charge in [0.1, 0.15) is 5.02 Å². The third-order valence-corrected chi connectivity index (χ3v) is 6.47. The molecule has 28 heavy (non-hydrogen) atoms. The summed E-state index contributed by atoms with van der Waals surface area (Å²) in [5, 5.41) is 24.6. The number of benzene rings is 1. The second-order valence-electron chi connectivity index (χ2n) is 5.96. The van der Waals surface area contributed by atoms with Crippen molar-refractivity contribution in [3.8, 4) is 11.4 Å². The molecule has 0 unspecified atom stereocenters. The molecule has 0 spiro atoms. The first-order valence-corrected chi connectivity index (χ1v) is 10.3. The molecule has 3 rings (SSSR count). The highest BCUT2D eigenvalue weighted by atomic mass is 35.5. The third kappa shape index (κ3) is 4.18. The van der Waals surface area contributed by atoms with Gasteiger partial charge in [-0.15, -0.1) is 21.5 Å². The standard InChI is InChI=1S/C17H16ClN5O3S2/c1-9-10(2)27-7-12(9)16-20-21-17(22(16)3)28-8-15(24)19-11-4-5-13(18)14(6-11)23(25)26/h4-7H,8H2,1-3H3,(H,19,24). The summed E-state index contributed by atoms with van der Waals surface area (Å²) in [7, 11) is 1.85. The van der Waals surface area contributed by atoms with Gasteiger partial charge in [0.25, 0.3) is 5.69 Å². The molecule has 2 aromatic heterocycles. The van der Waals surface area contributed by atoms with Crippen molar-refractivity contribution >= 4 is 52.0 Å². The van der Waals surface area contributed by atoms with E-state index < -0.39 is 4.92 Å². The monoisotopic (exact) mass is 437 g/mol. The van der Waals surface area contributed by atoms with Crippen LogP contribution in [-0.4, -0.2) is 31.3 Å². The minimum absolute atomic E-state index is 0.0166. The van der Waals surface area contributed by atoms with Crippen molar-refractivity contribution in [2.45, 2.75) is 19.0 Å². The van der Waals surface area contributed by atoms with Crippen molar-refractivity contribution in [2.75, 3.05) is 11.1 Å². The molecule has 8 nitrogen and oxygen atoms in total. The van der Waals surface area contributed by atoms with E-state index in [4.69, 9.17) is 11.6 Å². The summed E-state index contributed by atoms with van der Waals surface area (Å²) < 4.78 is 1.85. The largest absolute Gasteiger partial charge is 0.325 e. The highest BCUT2D eigenvalue weighted by molar-refractivity contribution is 7.99. The van der Waals surface area contributed by atoms with Crippen LogP contribution in [-0.2, 0) is 11.8 Å². The number of nitro benzene ring substituents is 1. The number of anilines is 1. The zero-order valence-electron chi connectivity index (χ0n) is 15.2. The molecule has 0 aliphatic rings. The number of thiophene rings is 1. The maximum Gasteiger partial charge on any atom is 0.289 e. The van der Waals surface area contributed by atoms with Crippen LogP contribution >= 0.6 is 34.7 Å². The summed E-state index contributed by atoms with van der Waals surface area (Å²) in [5.41, 5.74) is 2.25. The Labute approximate surface area is 174 Å². The Morgan fingerprint density at radius 2 is 2.14 bits per heavy atom. The van der Waals surface area contributed by atoms with Gasteiger partial charge < -0.3 is 9.88 Å². The first-order valence-electron chi connectivity index (χ1n) is 8.09. The fourth-order valence-electron chi connectivity index (χ4n) is 2.47. The minimum Gasteiger partial charge on any atom is -0.325 e. The predicted octanol–water partition coefficient (Wildman–Crippen LogP) is 4.45. The number of carbonyl (C=O) groups excluding carboxylic acids is 1. The summed E-state index contributed by atoms with van der Waals surface area (Å²) in [5.74, 6) is 0.524. The van der Waals surface area contributed by atoms with Crippen LogP contribution in [0.4, 0.5) is 11.4 Å². The molecule has 0 aliphatic carbocycles. The van der Waals surface area contributed by atoms with E-state index in [0.29, 0.717) is 10.8 Å². The van der Waals surface area contributed by atoms with E-state index >= 15 is 0 Å². The third-order valence-electron chi connectivity index (χ3n) is 4.12. The van der Waals surface area contributed by atoms with E-state index in [1.54, 1.807) is 11.3 Å². The lowest BCUT2D eigenvalue weighted by Crippen LogP contribution is -2.14. The zero-order chi connectivity index (χ0) is 20.4. The highest BCUT2D eigenvalue weighted by Gasteiger charge is 2.17. The summed E-state index contributed by atoms with van der Waals surface area (Å²) in [6.07, 6.45) is 0. The van der Waals surface area contributed by atoms with Crippen LogP contribution < -0.4 is 5.32 Å². The van der Waals surface area contributed by atoms with Crippen LogP contribution in [0.5, 0.6) is 0 Å². The quantitative estimate of drug-likeness (QED) is 0.347. The van der Waals surface area contributed by atoms with Gasteiger partial charge in [0.2, 0.25) is 5.91 Å². The summed E-state index contributed by atoms with van der Waals surface area (Å²) in [6, 6.07) is 4.12. The van der Waals surface area contributed by atoms with Crippen molar-refractivity contribution < 1.29 is 9.72 Å². The van der Waals surface area contributed by atoms with E-state index in [1.165, 1.54) is 40.4 Å². The Balaban J connectivity index is 1.66. The molecular formula is C17H16ClN5O3S2. The molecule has 1 N–H and O–H groups in total. The van der Waals surface area contributed by atoms with Gasteiger partial charge in [0.15, 0.2) is 11.0 Å². The van der Waals surface area contributed by atoms with Crippen molar-refractivity contribution in [1.29, 1.82) is 0 Å². The first kappa shape index (κ1) is 20.3. The van der Waals surface area contributed by atoms with Crippen molar-refractivity contribution in [2.24, 2.45) is 7.05 Å². The molecule has 146 valence electrons. The number of hydrogen-bond acceptors (Lipinski definition) is 7. The molecule has 0 atom stereocenters. The van der Waals surface area contributed by atoms with Gasteiger partial charge >= 0.3 is 0 Å². The first-order chi connectivity index (χ1) is 13.3. The number of halogens is 1. The predicted molar refractivity (Wildman–Crippen MR) is 111 cm³/mol. The van der Waals surface area contributed by atoms with Gasteiger partial charge in [-0.05, 0) is 31.5 Å². The number of thioether (sulfide) groups is 1. The average Bonchev–Trinajstić information content (AvgIpc) is 3.17. The maximum absolute atomic E-state index is 12.2. The molecule has 1 amide bonds. The Kier molecular flexibility index (Phi) is 6.01. The van der Waals surface area contributed by atoms with Gasteiger partial charge in [0.05, 0.1) is 10.7 Å². The highest BCUT2D eigenvalue weighted by Crippen LogP contribution is 2.31. The maximum atomic E-state index is 12.2. The summed E-state index contributed by atoms with van der Waals surface area (Å²) >= 11 is 8.67. The molecule has 0 saturated heterocycles. The lowest BCUT2D eigenvalue weighted by molar-refractivity contribution is -0.384. The lowest BCUT2D eigenvalue weighted by atomic mass is 10.2. The minimum atomic E-state index is -0.595. The number of nitrogens with one attached hydrogen (secondary N) is 1. The van der Waals surface area contributed by atoms with E-state index in [2.05, 4.69) is 22.4 Å². The average molecular weight is 438 g/mol. The number of nitrogens with zero attached hydrogens (tertiary/aromatic N) is 4. The Hall–Kier alpha value is -2.43. The molecule has 2 heterocycles. The van der Waals surface area contributed by atoms with Gasteiger partial charge in [-0.1, -0.05) is 23.4 Å². The van der Waals surface area contributed by atoms with Crippen molar-refractivity contribution in [3.05, 3.63) is 49.2 Å². The SMILES string of the molecule is Cc1scc(-c2nnc(SCC(=O)Nc3ccc(Cl)c([N+](=O)[O-])c3)n2C)c1C. The van der Waals surface area contributed by atoms with Gasteiger partial charge in [-0.3, -0.25) is 14.9 Å². The van der Waals surface area contributed by atoms with Crippen molar-refractivity contribution in [3.63, 3.8) is 0 Å². The zero-order valence-corrected chi connectivity index (χ0v) is 17.6. The van der Waals surface area contributed by atoms with E-state index in [1.807, 2.05) is 23.9 Å².